The summed E-state index contributed by atoms with van der Waals surface area (Å²) in [4.78, 5) is 24.4. The van der Waals surface area contributed by atoms with Gasteiger partial charge in [-0.2, -0.15) is 0 Å². The van der Waals surface area contributed by atoms with Gasteiger partial charge in [-0.3, -0.25) is 15.0 Å². The Bertz CT molecular complexity index is 321. The van der Waals surface area contributed by atoms with E-state index in [1.807, 2.05) is 6.92 Å². The number of hydrogen-bond donors (Lipinski definition) is 3. The molecule has 6 nitrogen and oxygen atoms in total. The number of imide groups is 1. The number of carbonyl (C=O) groups excluding carboxylic acids is 2. The number of urea groups is 1. The molecule has 2 heterocycles. The van der Waals surface area contributed by atoms with Crippen LogP contribution in [-0.2, 0) is 4.79 Å². The summed E-state index contributed by atoms with van der Waals surface area (Å²) >= 11 is 0. The molecule has 0 radical (unpaired) electrons. The standard InChI is InChI=1S/C11H20N4O2/c1-7(10(16)14-11(12)17)15-5-3-9-8(6-15)2-4-13-9/h7-9,13H,2-6H2,1H3,(H3,12,14,16,17). The third kappa shape index (κ3) is 2.76. The van der Waals surface area contributed by atoms with Crippen LogP contribution in [0.3, 0.4) is 0 Å². The second-order valence-electron chi connectivity index (χ2n) is 4.92. The quantitative estimate of drug-likeness (QED) is 0.593. The lowest BCUT2D eigenvalue weighted by Gasteiger charge is -2.37. The van der Waals surface area contributed by atoms with Gasteiger partial charge in [-0.25, -0.2) is 4.79 Å². The van der Waals surface area contributed by atoms with E-state index in [0.717, 1.165) is 26.1 Å². The molecule has 0 aliphatic carbocycles. The Hall–Kier alpha value is -1.14. The number of nitrogens with one attached hydrogen (secondary N) is 2. The smallest absolute Gasteiger partial charge is 0.318 e. The van der Waals surface area contributed by atoms with Crippen molar-refractivity contribution in [1.82, 2.24) is 15.5 Å². The summed E-state index contributed by atoms with van der Waals surface area (Å²) in [6.45, 7) is 4.71. The molecule has 2 aliphatic heterocycles. The maximum Gasteiger partial charge on any atom is 0.318 e. The molecule has 0 aromatic heterocycles. The first-order chi connectivity index (χ1) is 8.08. The summed E-state index contributed by atoms with van der Waals surface area (Å²) in [5, 5.41) is 5.62. The SMILES string of the molecule is CC(C(=O)NC(N)=O)N1CCC2NCCC2C1. The highest BCUT2D eigenvalue weighted by Gasteiger charge is 2.35. The zero-order valence-electron chi connectivity index (χ0n) is 10.1. The molecule has 0 aromatic rings. The molecule has 2 rings (SSSR count). The Morgan fingerprint density at radius 2 is 2.24 bits per heavy atom. The molecule has 2 fully saturated rings. The first-order valence-corrected chi connectivity index (χ1v) is 6.15. The first-order valence-electron chi connectivity index (χ1n) is 6.15. The summed E-state index contributed by atoms with van der Waals surface area (Å²) in [7, 11) is 0. The highest BCUT2D eigenvalue weighted by molar-refractivity contribution is 5.96. The van der Waals surface area contributed by atoms with Gasteiger partial charge in [0.1, 0.15) is 0 Å². The molecule has 0 spiro atoms. The van der Waals surface area contributed by atoms with Crippen molar-refractivity contribution in [1.29, 1.82) is 0 Å². The van der Waals surface area contributed by atoms with E-state index in [9.17, 15) is 9.59 Å². The predicted molar refractivity (Wildman–Crippen MR) is 63.3 cm³/mol. The van der Waals surface area contributed by atoms with Crippen LogP contribution in [0.2, 0.25) is 0 Å². The van der Waals surface area contributed by atoms with E-state index in [0.29, 0.717) is 12.0 Å². The van der Waals surface area contributed by atoms with Crippen molar-refractivity contribution in [3.05, 3.63) is 0 Å². The Kier molecular flexibility index (Phi) is 3.63. The van der Waals surface area contributed by atoms with Crippen LogP contribution in [0.5, 0.6) is 0 Å². The molecule has 0 saturated carbocycles. The molecule has 3 unspecified atom stereocenters. The predicted octanol–water partition coefficient (Wildman–Crippen LogP) is -0.746. The average molecular weight is 240 g/mol. The molecule has 4 N–H and O–H groups in total. The van der Waals surface area contributed by atoms with E-state index in [-0.39, 0.29) is 11.9 Å². The van der Waals surface area contributed by atoms with E-state index < -0.39 is 6.03 Å². The van der Waals surface area contributed by atoms with Gasteiger partial charge >= 0.3 is 6.03 Å². The molecule has 3 amide bonds. The lowest BCUT2D eigenvalue weighted by atomic mass is 9.92. The largest absolute Gasteiger partial charge is 0.351 e. The van der Waals surface area contributed by atoms with Crippen molar-refractivity contribution in [2.24, 2.45) is 11.7 Å². The van der Waals surface area contributed by atoms with Crippen molar-refractivity contribution in [3.8, 4) is 0 Å². The summed E-state index contributed by atoms with van der Waals surface area (Å²) in [5.41, 5.74) is 4.95. The average Bonchev–Trinajstić information content (AvgIpc) is 2.73. The number of carbonyl (C=O) groups is 2. The molecule has 6 heteroatoms. The van der Waals surface area contributed by atoms with Crippen LogP contribution in [0.25, 0.3) is 0 Å². The third-order valence-corrected chi connectivity index (χ3v) is 3.86. The lowest BCUT2D eigenvalue weighted by molar-refractivity contribution is -0.125. The number of nitrogens with two attached hydrogens (primary N) is 1. The topological polar surface area (TPSA) is 87.5 Å². The van der Waals surface area contributed by atoms with Crippen molar-refractivity contribution in [3.63, 3.8) is 0 Å². The summed E-state index contributed by atoms with van der Waals surface area (Å²) < 4.78 is 0. The minimum absolute atomic E-state index is 0.288. The number of primary amides is 1. The number of piperidine rings is 1. The molecule has 2 saturated heterocycles. The van der Waals surface area contributed by atoms with Crippen molar-refractivity contribution >= 4 is 11.9 Å². The highest BCUT2D eigenvalue weighted by Crippen LogP contribution is 2.25. The van der Waals surface area contributed by atoms with E-state index >= 15 is 0 Å². The van der Waals surface area contributed by atoms with Gasteiger partial charge in [0, 0.05) is 19.1 Å². The van der Waals surface area contributed by atoms with Crippen LogP contribution in [0.4, 0.5) is 4.79 Å². The molecule has 3 atom stereocenters. The van der Waals surface area contributed by atoms with Gasteiger partial charge in [-0.05, 0) is 32.2 Å². The summed E-state index contributed by atoms with van der Waals surface area (Å²) in [6.07, 6.45) is 2.24. The minimum atomic E-state index is -0.778. The molecule has 96 valence electrons. The fraction of sp³-hybridized carbons (Fsp3) is 0.818. The van der Waals surface area contributed by atoms with E-state index in [4.69, 9.17) is 5.73 Å². The maximum absolute atomic E-state index is 11.7. The van der Waals surface area contributed by atoms with Gasteiger partial charge in [0.2, 0.25) is 5.91 Å². The second kappa shape index (κ2) is 5.01. The van der Waals surface area contributed by atoms with E-state index in [2.05, 4.69) is 15.5 Å². The zero-order chi connectivity index (χ0) is 12.4. The molecule has 17 heavy (non-hydrogen) atoms. The van der Waals surface area contributed by atoms with Gasteiger partial charge < -0.3 is 11.1 Å². The minimum Gasteiger partial charge on any atom is -0.351 e. The van der Waals surface area contributed by atoms with E-state index in [1.165, 1.54) is 6.42 Å². The monoisotopic (exact) mass is 240 g/mol. The van der Waals surface area contributed by atoms with Gasteiger partial charge in [-0.15, -0.1) is 0 Å². The van der Waals surface area contributed by atoms with Crippen LogP contribution in [0.15, 0.2) is 0 Å². The molecule has 2 aliphatic rings. The van der Waals surface area contributed by atoms with Gasteiger partial charge in [-0.1, -0.05) is 0 Å². The Morgan fingerprint density at radius 3 is 2.94 bits per heavy atom. The van der Waals surface area contributed by atoms with E-state index in [1.54, 1.807) is 0 Å². The van der Waals surface area contributed by atoms with Crippen molar-refractivity contribution < 1.29 is 9.59 Å². The summed E-state index contributed by atoms with van der Waals surface area (Å²) in [5.74, 6) is 0.328. The van der Waals surface area contributed by atoms with Crippen LogP contribution >= 0.6 is 0 Å². The number of amides is 3. The van der Waals surface area contributed by atoms with Gasteiger partial charge in [0.15, 0.2) is 0 Å². The maximum atomic E-state index is 11.7. The Balaban J connectivity index is 1.89. The number of hydrogen-bond acceptors (Lipinski definition) is 4. The number of nitrogens with zero attached hydrogens (tertiary/aromatic N) is 1. The molecule has 0 bridgehead atoms. The lowest BCUT2D eigenvalue weighted by Crippen LogP contribution is -2.53. The zero-order valence-corrected chi connectivity index (χ0v) is 10.1. The Morgan fingerprint density at radius 1 is 1.47 bits per heavy atom. The number of fused-ring (bicyclic) bond motifs is 1. The van der Waals surface area contributed by atoms with Gasteiger partial charge in [0.05, 0.1) is 6.04 Å². The number of likely N-dealkylation sites (tertiary alicyclic amines) is 1. The molecular formula is C11H20N4O2. The molecular weight excluding hydrogens is 220 g/mol. The van der Waals surface area contributed by atoms with Gasteiger partial charge in [0.25, 0.3) is 0 Å². The fourth-order valence-electron chi connectivity index (χ4n) is 2.82. The second-order valence-corrected chi connectivity index (χ2v) is 4.92. The normalized spacial score (nSPS) is 30.6. The molecule has 0 aromatic carbocycles. The van der Waals surface area contributed by atoms with Crippen LogP contribution in [0.1, 0.15) is 19.8 Å². The fourth-order valence-corrected chi connectivity index (χ4v) is 2.82. The van der Waals surface area contributed by atoms with Crippen LogP contribution < -0.4 is 16.4 Å². The van der Waals surface area contributed by atoms with Crippen molar-refractivity contribution in [2.75, 3.05) is 19.6 Å². The van der Waals surface area contributed by atoms with Crippen LogP contribution in [-0.4, -0.2) is 48.6 Å². The summed E-state index contributed by atoms with van der Waals surface area (Å²) in [6, 6.07) is -0.457. The van der Waals surface area contributed by atoms with Crippen LogP contribution in [0, 0.1) is 5.92 Å². The Labute approximate surface area is 101 Å². The number of rotatable bonds is 2. The first kappa shape index (κ1) is 12.3. The highest BCUT2D eigenvalue weighted by atomic mass is 16.2. The third-order valence-electron chi connectivity index (χ3n) is 3.86. The van der Waals surface area contributed by atoms with Crippen molar-refractivity contribution in [2.45, 2.75) is 31.8 Å².